The van der Waals surface area contributed by atoms with Gasteiger partial charge in [0.15, 0.2) is 11.8 Å². The van der Waals surface area contributed by atoms with Crippen LogP contribution in [0.3, 0.4) is 0 Å². The van der Waals surface area contributed by atoms with Gasteiger partial charge in [-0.3, -0.25) is 9.89 Å². The summed E-state index contributed by atoms with van der Waals surface area (Å²) in [6.07, 6.45) is 4.13. The van der Waals surface area contributed by atoms with Crippen LogP contribution in [0, 0.1) is 5.92 Å². The Bertz CT molecular complexity index is 795. The van der Waals surface area contributed by atoms with Crippen LogP contribution in [0.2, 0.25) is 5.02 Å². The van der Waals surface area contributed by atoms with E-state index in [9.17, 15) is 0 Å². The van der Waals surface area contributed by atoms with E-state index < -0.39 is 0 Å². The number of aromatic nitrogens is 3. The molecule has 160 valence electrons. The van der Waals surface area contributed by atoms with Gasteiger partial charge in [-0.15, -0.1) is 34.2 Å². The van der Waals surface area contributed by atoms with Crippen LogP contribution in [0.15, 0.2) is 35.6 Å². The smallest absolute Gasteiger partial charge is 0.191 e. The third kappa shape index (κ3) is 6.29. The van der Waals surface area contributed by atoms with E-state index in [-0.39, 0.29) is 24.0 Å². The van der Waals surface area contributed by atoms with Gasteiger partial charge in [0.1, 0.15) is 6.33 Å². The van der Waals surface area contributed by atoms with Crippen LogP contribution < -0.4 is 10.6 Å². The second kappa shape index (κ2) is 11.7. The predicted octanol–water partition coefficient (Wildman–Crippen LogP) is 3.32. The molecular formula is C20H31ClIN7. The summed E-state index contributed by atoms with van der Waals surface area (Å²) in [6.45, 7) is 5.48. The summed E-state index contributed by atoms with van der Waals surface area (Å²) in [4.78, 5) is 6.79. The van der Waals surface area contributed by atoms with Crippen molar-refractivity contribution in [1.82, 2.24) is 30.3 Å². The zero-order valence-electron chi connectivity index (χ0n) is 17.3. The second-order valence-corrected chi connectivity index (χ2v) is 7.66. The highest BCUT2D eigenvalue weighted by molar-refractivity contribution is 14.0. The molecule has 0 radical (unpaired) electrons. The zero-order chi connectivity index (χ0) is 19.9. The number of guanidine groups is 1. The number of hydrogen-bond acceptors (Lipinski definition) is 4. The third-order valence-electron chi connectivity index (χ3n) is 5.40. The molecule has 2 N–H and O–H groups in total. The van der Waals surface area contributed by atoms with Gasteiger partial charge in [0.2, 0.25) is 0 Å². The fourth-order valence-electron chi connectivity index (χ4n) is 3.98. The lowest BCUT2D eigenvalue weighted by molar-refractivity contribution is 0.122. The SMILES string of the molecule is CCn1cnnc1CNC(=NC)NCC1CCCN(C)C1c1cccc(Cl)c1.I. The molecule has 9 heteroatoms. The molecule has 1 aromatic carbocycles. The van der Waals surface area contributed by atoms with E-state index in [4.69, 9.17) is 11.6 Å². The molecule has 1 aliphatic rings. The molecule has 2 heterocycles. The number of aliphatic imine (C=N–C) groups is 1. The fourth-order valence-corrected chi connectivity index (χ4v) is 4.18. The van der Waals surface area contributed by atoms with Gasteiger partial charge in [0.05, 0.1) is 6.54 Å². The van der Waals surface area contributed by atoms with Crippen molar-refractivity contribution in [3.8, 4) is 0 Å². The average Bonchev–Trinajstić information content (AvgIpc) is 3.15. The molecule has 1 fully saturated rings. The first kappa shape index (κ1) is 23.9. The first-order valence-electron chi connectivity index (χ1n) is 9.89. The van der Waals surface area contributed by atoms with E-state index in [1.807, 2.05) is 16.7 Å². The number of rotatable bonds is 6. The van der Waals surface area contributed by atoms with Crippen LogP contribution in [0.4, 0.5) is 0 Å². The van der Waals surface area contributed by atoms with Crippen LogP contribution in [-0.2, 0) is 13.1 Å². The Morgan fingerprint density at radius 2 is 2.17 bits per heavy atom. The number of benzene rings is 1. The monoisotopic (exact) mass is 531 g/mol. The summed E-state index contributed by atoms with van der Waals surface area (Å²) < 4.78 is 2.02. The van der Waals surface area contributed by atoms with Crippen molar-refractivity contribution in [3.63, 3.8) is 0 Å². The van der Waals surface area contributed by atoms with Gasteiger partial charge >= 0.3 is 0 Å². The quantitative estimate of drug-likeness (QED) is 0.340. The average molecular weight is 532 g/mol. The summed E-state index contributed by atoms with van der Waals surface area (Å²) in [6, 6.07) is 8.58. The van der Waals surface area contributed by atoms with Crippen molar-refractivity contribution in [3.05, 3.63) is 47.0 Å². The summed E-state index contributed by atoms with van der Waals surface area (Å²) in [5.74, 6) is 2.17. The molecule has 2 aromatic rings. The molecule has 1 aromatic heterocycles. The van der Waals surface area contributed by atoms with Crippen molar-refractivity contribution in [2.75, 3.05) is 27.2 Å². The maximum Gasteiger partial charge on any atom is 0.191 e. The molecule has 7 nitrogen and oxygen atoms in total. The van der Waals surface area contributed by atoms with Crippen molar-refractivity contribution < 1.29 is 0 Å². The van der Waals surface area contributed by atoms with Gasteiger partial charge < -0.3 is 15.2 Å². The lowest BCUT2D eigenvalue weighted by atomic mass is 9.85. The highest BCUT2D eigenvalue weighted by atomic mass is 127. The number of nitrogens with one attached hydrogen (secondary N) is 2. The standard InChI is InChI=1S/C20H30ClN7.HI/c1-4-28-14-25-26-18(28)13-24-20(22-2)23-12-16-8-6-10-27(3)19(16)15-7-5-9-17(21)11-15;/h5,7,9,11,14,16,19H,4,6,8,10,12-13H2,1-3H3,(H2,22,23,24);1H. The Morgan fingerprint density at radius 3 is 2.90 bits per heavy atom. The summed E-state index contributed by atoms with van der Waals surface area (Å²) >= 11 is 6.25. The number of hydrogen-bond donors (Lipinski definition) is 2. The Labute approximate surface area is 195 Å². The van der Waals surface area contributed by atoms with Crippen LogP contribution in [0.5, 0.6) is 0 Å². The van der Waals surface area contributed by atoms with Gasteiger partial charge in [-0.25, -0.2) is 0 Å². The Hall–Kier alpha value is -1.39. The number of nitrogens with zero attached hydrogens (tertiary/aromatic N) is 5. The van der Waals surface area contributed by atoms with Crippen molar-refractivity contribution in [1.29, 1.82) is 0 Å². The van der Waals surface area contributed by atoms with Crippen molar-refractivity contribution in [2.45, 2.75) is 38.9 Å². The minimum absolute atomic E-state index is 0. The van der Waals surface area contributed by atoms with Crippen LogP contribution >= 0.6 is 35.6 Å². The largest absolute Gasteiger partial charge is 0.356 e. The maximum absolute atomic E-state index is 6.25. The number of piperidine rings is 1. The molecule has 1 saturated heterocycles. The summed E-state index contributed by atoms with van der Waals surface area (Å²) in [5, 5.41) is 15.8. The van der Waals surface area contributed by atoms with Gasteiger partial charge in [0.25, 0.3) is 0 Å². The predicted molar refractivity (Wildman–Crippen MR) is 129 cm³/mol. The molecule has 1 aliphatic heterocycles. The summed E-state index contributed by atoms with van der Waals surface area (Å²) in [7, 11) is 3.99. The van der Waals surface area contributed by atoms with Gasteiger partial charge in [0, 0.05) is 31.2 Å². The number of halogens is 2. The molecular weight excluding hydrogens is 501 g/mol. The lowest BCUT2D eigenvalue weighted by Gasteiger charge is -2.40. The first-order chi connectivity index (χ1) is 13.6. The molecule has 0 spiro atoms. The lowest BCUT2D eigenvalue weighted by Crippen LogP contribution is -2.45. The Balaban J connectivity index is 0.00000300. The topological polar surface area (TPSA) is 70.4 Å². The van der Waals surface area contributed by atoms with Gasteiger partial charge in [-0.2, -0.15) is 0 Å². The van der Waals surface area contributed by atoms with E-state index in [0.29, 0.717) is 18.5 Å². The minimum Gasteiger partial charge on any atom is -0.356 e. The Morgan fingerprint density at radius 1 is 1.34 bits per heavy atom. The zero-order valence-corrected chi connectivity index (χ0v) is 20.4. The fraction of sp³-hybridized carbons (Fsp3) is 0.550. The molecule has 29 heavy (non-hydrogen) atoms. The van der Waals surface area contributed by atoms with Crippen LogP contribution in [0.1, 0.15) is 37.2 Å². The molecule has 2 atom stereocenters. The van der Waals surface area contributed by atoms with E-state index in [1.165, 1.54) is 18.4 Å². The molecule has 0 amide bonds. The summed E-state index contributed by atoms with van der Waals surface area (Å²) in [5.41, 5.74) is 1.28. The Kier molecular flexibility index (Phi) is 9.64. The van der Waals surface area contributed by atoms with Crippen LogP contribution in [0.25, 0.3) is 0 Å². The second-order valence-electron chi connectivity index (χ2n) is 7.22. The van der Waals surface area contributed by atoms with Crippen LogP contribution in [-0.4, -0.2) is 52.8 Å². The van der Waals surface area contributed by atoms with E-state index in [1.54, 1.807) is 13.4 Å². The molecule has 0 aliphatic carbocycles. The van der Waals surface area contributed by atoms with Gasteiger partial charge in [-0.05, 0) is 57.0 Å². The first-order valence-corrected chi connectivity index (χ1v) is 10.3. The molecule has 3 rings (SSSR count). The molecule has 0 saturated carbocycles. The molecule has 0 bridgehead atoms. The molecule has 2 unspecified atom stereocenters. The van der Waals surface area contributed by atoms with Crippen molar-refractivity contribution >= 4 is 41.5 Å². The van der Waals surface area contributed by atoms with Crippen molar-refractivity contribution in [2.24, 2.45) is 10.9 Å². The highest BCUT2D eigenvalue weighted by Gasteiger charge is 2.30. The van der Waals surface area contributed by atoms with Gasteiger partial charge in [-0.1, -0.05) is 23.7 Å². The third-order valence-corrected chi connectivity index (χ3v) is 5.64. The van der Waals surface area contributed by atoms with E-state index >= 15 is 0 Å². The number of aryl methyl sites for hydroxylation is 1. The number of likely N-dealkylation sites (tertiary alicyclic amines) is 1. The van der Waals surface area contributed by atoms with E-state index in [2.05, 4.69) is 56.8 Å². The maximum atomic E-state index is 6.25. The highest BCUT2D eigenvalue weighted by Crippen LogP contribution is 2.35. The van der Waals surface area contributed by atoms with E-state index in [0.717, 1.165) is 36.4 Å². The normalized spacial score (nSPS) is 20.2. The minimum atomic E-state index is 0.